The molecule has 1 aromatic carbocycles. The molecule has 3 rings (SSSR count). The predicted octanol–water partition coefficient (Wildman–Crippen LogP) is 3.39. The van der Waals surface area contributed by atoms with Crippen molar-refractivity contribution in [1.82, 2.24) is 9.38 Å². The highest BCUT2D eigenvalue weighted by atomic mass is 16.4. The maximum atomic E-state index is 11.0. The lowest BCUT2D eigenvalue weighted by atomic mass is 10.2. The Morgan fingerprint density at radius 1 is 1.26 bits per heavy atom. The Kier molecular flexibility index (Phi) is 3.76. The van der Waals surface area contributed by atoms with E-state index in [-0.39, 0.29) is 12.2 Å². The normalized spacial score (nSPS) is 11.3. The summed E-state index contributed by atoms with van der Waals surface area (Å²) in [5.74, 6) is -0.441. The number of aliphatic carboxylic acids is 1. The second kappa shape index (κ2) is 5.88. The molecule has 0 aliphatic carbocycles. The standard InChI is InChI=1S/C16H14N4O3/c1-10-8-11(21)5-6-12(10)18-19-16-13(9-15(22)23)17-14-4-2-3-7-20(14)16/h2-8,21H,9H2,1H3,(H,22,23). The minimum atomic E-state index is -0.981. The number of carboxylic acids is 1. The van der Waals surface area contributed by atoms with Crippen LogP contribution in [-0.4, -0.2) is 25.6 Å². The van der Waals surface area contributed by atoms with Crippen molar-refractivity contribution in [1.29, 1.82) is 0 Å². The van der Waals surface area contributed by atoms with Crippen molar-refractivity contribution in [3.8, 4) is 5.75 Å². The van der Waals surface area contributed by atoms with Gasteiger partial charge >= 0.3 is 5.97 Å². The van der Waals surface area contributed by atoms with Gasteiger partial charge in [0.25, 0.3) is 0 Å². The molecular formula is C16H14N4O3. The van der Waals surface area contributed by atoms with Gasteiger partial charge in [-0.25, -0.2) is 4.98 Å². The number of rotatable bonds is 4. The summed E-state index contributed by atoms with van der Waals surface area (Å²) in [4.78, 5) is 15.3. The SMILES string of the molecule is Cc1cc(O)ccc1N=Nc1c(CC(=O)O)nc2ccccn12. The molecule has 0 bridgehead atoms. The largest absolute Gasteiger partial charge is 0.508 e. The van der Waals surface area contributed by atoms with Gasteiger partial charge in [0, 0.05) is 6.20 Å². The number of carbonyl (C=O) groups is 1. The summed E-state index contributed by atoms with van der Waals surface area (Å²) in [6.45, 7) is 1.81. The van der Waals surface area contributed by atoms with Gasteiger partial charge in [0.05, 0.1) is 17.8 Å². The van der Waals surface area contributed by atoms with E-state index >= 15 is 0 Å². The van der Waals surface area contributed by atoms with E-state index in [1.165, 1.54) is 6.07 Å². The summed E-state index contributed by atoms with van der Waals surface area (Å²) < 4.78 is 1.69. The Hall–Kier alpha value is -3.22. The van der Waals surface area contributed by atoms with Gasteiger partial charge in [0.15, 0.2) is 5.82 Å². The number of phenolic OH excluding ortho intramolecular Hbond substituents is 1. The monoisotopic (exact) mass is 310 g/mol. The molecule has 116 valence electrons. The van der Waals surface area contributed by atoms with Crippen LogP contribution in [-0.2, 0) is 11.2 Å². The molecular weight excluding hydrogens is 296 g/mol. The van der Waals surface area contributed by atoms with Crippen LogP contribution in [0.1, 0.15) is 11.3 Å². The molecule has 0 fully saturated rings. The highest BCUT2D eigenvalue weighted by Crippen LogP contribution is 2.27. The molecule has 2 heterocycles. The maximum Gasteiger partial charge on any atom is 0.309 e. The highest BCUT2D eigenvalue weighted by molar-refractivity contribution is 5.72. The molecule has 7 heteroatoms. The fourth-order valence-corrected chi connectivity index (χ4v) is 2.25. The third-order valence-corrected chi connectivity index (χ3v) is 3.33. The lowest BCUT2D eigenvalue weighted by molar-refractivity contribution is -0.136. The zero-order valence-electron chi connectivity index (χ0n) is 12.3. The number of benzene rings is 1. The van der Waals surface area contributed by atoms with Crippen molar-refractivity contribution in [2.45, 2.75) is 13.3 Å². The van der Waals surface area contributed by atoms with Crippen LogP contribution < -0.4 is 0 Å². The number of nitrogens with zero attached hydrogens (tertiary/aromatic N) is 4. The number of hydrogen-bond donors (Lipinski definition) is 2. The van der Waals surface area contributed by atoms with Gasteiger partial charge in [-0.2, -0.15) is 0 Å². The third kappa shape index (κ3) is 3.03. The Morgan fingerprint density at radius 3 is 2.83 bits per heavy atom. The molecule has 0 aliphatic heterocycles. The number of pyridine rings is 1. The molecule has 0 spiro atoms. The fourth-order valence-electron chi connectivity index (χ4n) is 2.25. The first-order valence-electron chi connectivity index (χ1n) is 6.93. The van der Waals surface area contributed by atoms with E-state index < -0.39 is 5.97 Å². The number of fused-ring (bicyclic) bond motifs is 1. The lowest BCUT2D eigenvalue weighted by Crippen LogP contribution is -2.00. The summed E-state index contributed by atoms with van der Waals surface area (Å²) in [7, 11) is 0. The van der Waals surface area contributed by atoms with Crippen LogP contribution in [0.5, 0.6) is 5.75 Å². The number of aromatic hydroxyl groups is 1. The van der Waals surface area contributed by atoms with E-state index in [1.54, 1.807) is 35.7 Å². The number of hydrogen-bond acceptors (Lipinski definition) is 5. The van der Waals surface area contributed by atoms with Crippen LogP contribution in [0.4, 0.5) is 11.5 Å². The van der Waals surface area contributed by atoms with Gasteiger partial charge in [-0.3, -0.25) is 9.20 Å². The van der Waals surface area contributed by atoms with Crippen molar-refractivity contribution < 1.29 is 15.0 Å². The molecule has 0 unspecified atom stereocenters. The Labute approximate surface area is 131 Å². The van der Waals surface area contributed by atoms with Crippen molar-refractivity contribution in [3.05, 3.63) is 53.9 Å². The average molecular weight is 310 g/mol. The van der Waals surface area contributed by atoms with E-state index in [0.717, 1.165) is 5.56 Å². The van der Waals surface area contributed by atoms with E-state index in [2.05, 4.69) is 15.2 Å². The minimum Gasteiger partial charge on any atom is -0.508 e. The van der Waals surface area contributed by atoms with Crippen LogP contribution in [0, 0.1) is 6.92 Å². The second-order valence-corrected chi connectivity index (χ2v) is 5.05. The van der Waals surface area contributed by atoms with Crippen LogP contribution in [0.2, 0.25) is 0 Å². The zero-order valence-corrected chi connectivity index (χ0v) is 12.3. The van der Waals surface area contributed by atoms with Gasteiger partial charge in [0.2, 0.25) is 0 Å². The van der Waals surface area contributed by atoms with Gasteiger partial charge in [0.1, 0.15) is 11.4 Å². The Morgan fingerprint density at radius 2 is 2.09 bits per heavy atom. The summed E-state index contributed by atoms with van der Waals surface area (Å²) in [5.41, 5.74) is 2.32. The van der Waals surface area contributed by atoms with Crippen molar-refractivity contribution in [2.24, 2.45) is 10.2 Å². The molecule has 7 nitrogen and oxygen atoms in total. The summed E-state index contributed by atoms with van der Waals surface area (Å²) in [6.07, 6.45) is 1.52. The number of aryl methyl sites for hydroxylation is 1. The first-order chi connectivity index (χ1) is 11.0. The average Bonchev–Trinajstić information content (AvgIpc) is 2.83. The lowest BCUT2D eigenvalue weighted by Gasteiger charge is -2.00. The Bertz CT molecular complexity index is 915. The first kappa shape index (κ1) is 14.7. The molecule has 23 heavy (non-hydrogen) atoms. The fraction of sp³-hybridized carbons (Fsp3) is 0.125. The van der Waals surface area contributed by atoms with Crippen LogP contribution in [0.15, 0.2) is 52.8 Å². The van der Waals surface area contributed by atoms with Gasteiger partial charge in [-0.15, -0.1) is 10.2 Å². The number of carboxylic acid groups (broad SMARTS) is 1. The number of imidazole rings is 1. The molecule has 0 aliphatic rings. The number of azo groups is 1. The molecule has 2 aromatic heterocycles. The smallest absolute Gasteiger partial charge is 0.309 e. The van der Waals surface area contributed by atoms with E-state index in [9.17, 15) is 9.90 Å². The predicted molar refractivity (Wildman–Crippen MR) is 83.6 cm³/mol. The second-order valence-electron chi connectivity index (χ2n) is 5.05. The van der Waals surface area contributed by atoms with Crippen LogP contribution in [0.3, 0.4) is 0 Å². The van der Waals surface area contributed by atoms with Crippen molar-refractivity contribution >= 4 is 23.1 Å². The number of phenols is 1. The van der Waals surface area contributed by atoms with Crippen LogP contribution >= 0.6 is 0 Å². The first-order valence-corrected chi connectivity index (χ1v) is 6.93. The maximum absolute atomic E-state index is 11.0. The molecule has 0 saturated heterocycles. The molecule has 0 radical (unpaired) electrons. The molecule has 0 amide bonds. The van der Waals surface area contributed by atoms with Crippen LogP contribution in [0.25, 0.3) is 5.65 Å². The highest BCUT2D eigenvalue weighted by Gasteiger charge is 2.14. The van der Waals surface area contributed by atoms with Crippen molar-refractivity contribution in [2.75, 3.05) is 0 Å². The quantitative estimate of drug-likeness (QED) is 0.721. The number of aromatic nitrogens is 2. The molecule has 0 saturated carbocycles. The third-order valence-electron chi connectivity index (χ3n) is 3.33. The zero-order chi connectivity index (χ0) is 16.4. The summed E-state index contributed by atoms with van der Waals surface area (Å²) in [5, 5.41) is 26.8. The minimum absolute atomic E-state index is 0.155. The topological polar surface area (TPSA) is 99.5 Å². The van der Waals surface area contributed by atoms with Gasteiger partial charge in [-0.1, -0.05) is 6.07 Å². The van der Waals surface area contributed by atoms with Gasteiger partial charge in [-0.05, 0) is 42.8 Å². The van der Waals surface area contributed by atoms with E-state index in [1.807, 2.05) is 12.1 Å². The Balaban J connectivity index is 2.07. The van der Waals surface area contributed by atoms with Gasteiger partial charge < -0.3 is 10.2 Å². The van der Waals surface area contributed by atoms with E-state index in [0.29, 0.717) is 22.8 Å². The molecule has 0 atom stereocenters. The summed E-state index contributed by atoms with van der Waals surface area (Å²) >= 11 is 0. The molecule has 3 aromatic rings. The molecule has 2 N–H and O–H groups in total. The van der Waals surface area contributed by atoms with E-state index in [4.69, 9.17) is 5.11 Å². The summed E-state index contributed by atoms with van der Waals surface area (Å²) in [6, 6.07) is 10.2. The van der Waals surface area contributed by atoms with Crippen molar-refractivity contribution in [3.63, 3.8) is 0 Å².